The number of fused-ring (bicyclic) bond motifs is 1. The second kappa shape index (κ2) is 7.69. The topological polar surface area (TPSA) is 97.1 Å². The fourth-order valence-electron chi connectivity index (χ4n) is 2.58. The highest BCUT2D eigenvalue weighted by Crippen LogP contribution is 2.15. The van der Waals surface area contributed by atoms with Crippen molar-refractivity contribution in [2.75, 3.05) is 5.43 Å². The summed E-state index contributed by atoms with van der Waals surface area (Å²) in [5.41, 5.74) is 4.20. The Morgan fingerprint density at radius 1 is 1.33 bits per heavy atom. The largest absolute Gasteiger partial charge is 0.329 e. The van der Waals surface area contributed by atoms with E-state index in [1.54, 1.807) is 17.7 Å². The second-order valence-corrected chi connectivity index (χ2v) is 5.93. The molecule has 0 aliphatic carbocycles. The number of hydrazone groups is 1. The molecule has 0 spiro atoms. The molecule has 0 atom stereocenters. The predicted octanol–water partition coefficient (Wildman–Crippen LogP) is 2.11. The molecule has 0 unspecified atom stereocenters. The van der Waals surface area contributed by atoms with Gasteiger partial charge in [-0.05, 0) is 18.6 Å². The van der Waals surface area contributed by atoms with E-state index in [2.05, 4.69) is 27.1 Å². The molecule has 0 amide bonds. The average molecular weight is 364 g/mol. The Bertz CT molecular complexity index is 1150. The Balaban J connectivity index is 1.95. The van der Waals surface area contributed by atoms with E-state index in [1.165, 1.54) is 4.57 Å². The van der Waals surface area contributed by atoms with Crippen molar-refractivity contribution in [3.8, 4) is 0 Å². The van der Waals surface area contributed by atoms with Gasteiger partial charge in [0.1, 0.15) is 0 Å². The van der Waals surface area contributed by atoms with E-state index in [1.807, 2.05) is 49.4 Å². The van der Waals surface area contributed by atoms with Gasteiger partial charge in [0.05, 0.1) is 5.71 Å². The molecule has 0 saturated carbocycles. The summed E-state index contributed by atoms with van der Waals surface area (Å²) in [6.07, 6.45) is 5.45. The zero-order chi connectivity index (χ0) is 19.4. The van der Waals surface area contributed by atoms with E-state index in [4.69, 9.17) is 0 Å². The maximum atomic E-state index is 12.2. The molecule has 0 saturated heterocycles. The van der Waals surface area contributed by atoms with Gasteiger partial charge >= 0.3 is 5.69 Å². The first-order valence-electron chi connectivity index (χ1n) is 8.35. The zero-order valence-corrected chi connectivity index (χ0v) is 15.1. The van der Waals surface area contributed by atoms with Crippen LogP contribution in [-0.4, -0.2) is 24.8 Å². The van der Waals surface area contributed by atoms with E-state index in [0.717, 1.165) is 11.3 Å². The van der Waals surface area contributed by atoms with Gasteiger partial charge in [-0.25, -0.2) is 10.2 Å². The van der Waals surface area contributed by atoms with Crippen LogP contribution in [0.15, 0.2) is 63.8 Å². The number of hydrogen-bond donors (Lipinski definition) is 2. The highest BCUT2D eigenvalue weighted by Gasteiger charge is 2.16. The smallest absolute Gasteiger partial charge is 0.299 e. The van der Waals surface area contributed by atoms with Gasteiger partial charge in [0.15, 0.2) is 11.2 Å². The van der Waals surface area contributed by atoms with Crippen LogP contribution in [0.4, 0.5) is 5.95 Å². The number of allylic oxidation sites excluding steroid dienone is 2. The molecule has 138 valence electrons. The van der Waals surface area contributed by atoms with Gasteiger partial charge in [0.25, 0.3) is 5.56 Å². The SMILES string of the molecule is C=CCn1c(N/N=C(C)/C=C/c2ccccc2)nc2c1c(=O)[nH]c(=O)n2C. The zero-order valence-electron chi connectivity index (χ0n) is 15.1. The summed E-state index contributed by atoms with van der Waals surface area (Å²) in [6.45, 7) is 5.89. The Hall–Kier alpha value is -3.68. The molecule has 0 aliphatic rings. The van der Waals surface area contributed by atoms with Crippen molar-refractivity contribution in [3.63, 3.8) is 0 Å². The molecule has 1 aromatic carbocycles. The number of aromatic nitrogens is 4. The molecular weight excluding hydrogens is 344 g/mol. The summed E-state index contributed by atoms with van der Waals surface area (Å²) in [5, 5.41) is 4.29. The molecule has 0 bridgehead atoms. The first-order valence-corrected chi connectivity index (χ1v) is 8.35. The van der Waals surface area contributed by atoms with Crippen molar-refractivity contribution in [1.29, 1.82) is 0 Å². The minimum Gasteiger partial charge on any atom is -0.299 e. The molecule has 2 heterocycles. The van der Waals surface area contributed by atoms with Crippen LogP contribution in [-0.2, 0) is 13.6 Å². The Morgan fingerprint density at radius 2 is 2.07 bits per heavy atom. The number of benzene rings is 1. The van der Waals surface area contributed by atoms with Crippen LogP contribution < -0.4 is 16.7 Å². The number of nitrogens with one attached hydrogen (secondary N) is 2. The van der Waals surface area contributed by atoms with Gasteiger partial charge in [-0.15, -0.1) is 6.58 Å². The number of hydrogen-bond acceptors (Lipinski definition) is 5. The van der Waals surface area contributed by atoms with Crippen molar-refractivity contribution in [1.82, 2.24) is 19.1 Å². The molecule has 3 aromatic rings. The van der Waals surface area contributed by atoms with Crippen LogP contribution >= 0.6 is 0 Å². The average Bonchev–Trinajstić information content (AvgIpc) is 3.03. The van der Waals surface area contributed by atoms with E-state index in [9.17, 15) is 9.59 Å². The van der Waals surface area contributed by atoms with Gasteiger partial charge in [-0.2, -0.15) is 10.1 Å². The third-order valence-electron chi connectivity index (χ3n) is 3.97. The molecular formula is C19H20N6O2. The van der Waals surface area contributed by atoms with Crippen LogP contribution in [0, 0.1) is 0 Å². The molecule has 2 N–H and O–H groups in total. The van der Waals surface area contributed by atoms with E-state index < -0.39 is 11.2 Å². The standard InChI is InChI=1S/C19H20N6O2/c1-4-12-25-15-16(24(3)19(27)21-17(15)26)20-18(25)23-22-13(2)10-11-14-8-6-5-7-9-14/h4-11H,1,12H2,2-3H3,(H,20,23)(H,21,26,27)/b11-10+,22-13+. The quantitative estimate of drug-likeness (QED) is 0.398. The van der Waals surface area contributed by atoms with Gasteiger partial charge in [0, 0.05) is 13.6 Å². The van der Waals surface area contributed by atoms with Crippen LogP contribution in [0.5, 0.6) is 0 Å². The van der Waals surface area contributed by atoms with Gasteiger partial charge in [-0.3, -0.25) is 18.9 Å². The van der Waals surface area contributed by atoms with Crippen LogP contribution in [0.1, 0.15) is 12.5 Å². The van der Waals surface area contributed by atoms with E-state index in [-0.39, 0.29) is 11.2 Å². The lowest BCUT2D eigenvalue weighted by atomic mass is 10.2. The Morgan fingerprint density at radius 3 is 2.78 bits per heavy atom. The van der Waals surface area contributed by atoms with Crippen molar-refractivity contribution >= 4 is 28.9 Å². The summed E-state index contributed by atoms with van der Waals surface area (Å²) in [5.74, 6) is 0.351. The Labute approximate surface area is 155 Å². The summed E-state index contributed by atoms with van der Waals surface area (Å²) < 4.78 is 2.91. The number of anilines is 1. The number of rotatable bonds is 6. The first kappa shape index (κ1) is 18.1. The maximum absolute atomic E-state index is 12.2. The van der Waals surface area contributed by atoms with Gasteiger partial charge in [-0.1, -0.05) is 42.5 Å². The maximum Gasteiger partial charge on any atom is 0.329 e. The van der Waals surface area contributed by atoms with Crippen molar-refractivity contribution in [3.05, 3.63) is 75.5 Å². The lowest BCUT2D eigenvalue weighted by molar-refractivity contribution is 0.819. The minimum atomic E-state index is -0.521. The first-order chi connectivity index (χ1) is 13.0. The monoisotopic (exact) mass is 364 g/mol. The van der Waals surface area contributed by atoms with Crippen LogP contribution in [0.25, 0.3) is 17.2 Å². The molecule has 0 aliphatic heterocycles. The number of aromatic amines is 1. The summed E-state index contributed by atoms with van der Waals surface area (Å²) in [7, 11) is 1.55. The molecule has 8 heteroatoms. The number of imidazole rings is 1. The third-order valence-corrected chi connectivity index (χ3v) is 3.97. The van der Waals surface area contributed by atoms with Crippen LogP contribution in [0.3, 0.4) is 0 Å². The molecule has 2 aromatic heterocycles. The third kappa shape index (κ3) is 3.79. The number of aryl methyl sites for hydroxylation is 1. The second-order valence-electron chi connectivity index (χ2n) is 5.93. The van der Waals surface area contributed by atoms with E-state index >= 15 is 0 Å². The predicted molar refractivity (Wildman–Crippen MR) is 108 cm³/mol. The Kier molecular flexibility index (Phi) is 5.16. The molecule has 3 rings (SSSR count). The molecule has 0 radical (unpaired) electrons. The van der Waals surface area contributed by atoms with Crippen molar-refractivity contribution in [2.45, 2.75) is 13.5 Å². The normalized spacial score (nSPS) is 12.0. The summed E-state index contributed by atoms with van der Waals surface area (Å²) in [4.78, 5) is 30.7. The lowest BCUT2D eigenvalue weighted by Gasteiger charge is -2.05. The highest BCUT2D eigenvalue weighted by atomic mass is 16.2. The number of H-pyrrole nitrogens is 1. The lowest BCUT2D eigenvalue weighted by Crippen LogP contribution is -2.29. The van der Waals surface area contributed by atoms with Crippen molar-refractivity contribution < 1.29 is 0 Å². The highest BCUT2D eigenvalue weighted by molar-refractivity contribution is 5.96. The molecule has 0 fully saturated rings. The fourth-order valence-corrected chi connectivity index (χ4v) is 2.58. The van der Waals surface area contributed by atoms with Gasteiger partial charge in [0.2, 0.25) is 5.95 Å². The molecule has 27 heavy (non-hydrogen) atoms. The van der Waals surface area contributed by atoms with E-state index in [0.29, 0.717) is 12.5 Å². The van der Waals surface area contributed by atoms with Crippen molar-refractivity contribution in [2.24, 2.45) is 12.1 Å². The summed E-state index contributed by atoms with van der Waals surface area (Å²) in [6, 6.07) is 9.87. The summed E-state index contributed by atoms with van der Waals surface area (Å²) >= 11 is 0. The van der Waals surface area contributed by atoms with Gasteiger partial charge < -0.3 is 0 Å². The minimum absolute atomic E-state index is 0.279. The van der Waals surface area contributed by atoms with Crippen LogP contribution in [0.2, 0.25) is 0 Å². The fraction of sp³-hybridized carbons (Fsp3) is 0.158. The molecule has 8 nitrogen and oxygen atoms in total. The number of nitrogens with zero attached hydrogens (tertiary/aromatic N) is 4.